The van der Waals surface area contributed by atoms with Crippen LogP contribution in [0.2, 0.25) is 0 Å². The zero-order valence-electron chi connectivity index (χ0n) is 20.9. The molecular formula is C30H27N5O3. The van der Waals surface area contributed by atoms with Gasteiger partial charge < -0.3 is 16.5 Å². The Morgan fingerprint density at radius 1 is 0.868 bits per heavy atom. The second kappa shape index (κ2) is 9.82. The standard InChI is InChI=1S/C30H27N5O3/c1-30(26-5-3-2-4-6-26)28(37)34(29(38)35(30)19-20-7-13-24(14-8-20)27(31)36)18-22-10-12-23-11-9-21(17-33-32)15-25(23)16-22/h2-17H,18-19,32H2,1H3,(H2,31,36). The van der Waals surface area contributed by atoms with Crippen LogP contribution in [0.3, 0.4) is 0 Å². The van der Waals surface area contributed by atoms with Crippen LogP contribution in [0.4, 0.5) is 4.79 Å². The van der Waals surface area contributed by atoms with E-state index in [1.807, 2.05) is 66.7 Å². The Labute approximate surface area is 220 Å². The Balaban J connectivity index is 1.50. The van der Waals surface area contributed by atoms with Gasteiger partial charge in [0.25, 0.3) is 5.91 Å². The molecule has 1 saturated heterocycles. The highest BCUT2D eigenvalue weighted by atomic mass is 16.2. The third-order valence-corrected chi connectivity index (χ3v) is 7.07. The number of benzene rings is 4. The van der Waals surface area contributed by atoms with Crippen LogP contribution in [-0.4, -0.2) is 33.9 Å². The summed E-state index contributed by atoms with van der Waals surface area (Å²) in [5, 5.41) is 5.57. The highest BCUT2D eigenvalue weighted by molar-refractivity contribution is 6.07. The largest absolute Gasteiger partial charge is 0.366 e. The molecule has 1 fully saturated rings. The van der Waals surface area contributed by atoms with Crippen molar-refractivity contribution in [2.75, 3.05) is 0 Å². The van der Waals surface area contributed by atoms with E-state index in [1.54, 1.807) is 42.3 Å². The molecule has 4 aromatic carbocycles. The van der Waals surface area contributed by atoms with Crippen molar-refractivity contribution < 1.29 is 14.4 Å². The molecule has 1 aliphatic heterocycles. The number of amides is 4. The summed E-state index contributed by atoms with van der Waals surface area (Å²) >= 11 is 0. The second-order valence-electron chi connectivity index (χ2n) is 9.48. The van der Waals surface area contributed by atoms with Gasteiger partial charge in [0.05, 0.1) is 12.8 Å². The van der Waals surface area contributed by atoms with E-state index in [1.165, 1.54) is 4.90 Å². The molecule has 0 saturated carbocycles. The highest BCUT2D eigenvalue weighted by Crippen LogP contribution is 2.39. The average molecular weight is 506 g/mol. The van der Waals surface area contributed by atoms with E-state index in [4.69, 9.17) is 11.6 Å². The summed E-state index contributed by atoms with van der Waals surface area (Å²) in [6.45, 7) is 2.09. The van der Waals surface area contributed by atoms with Gasteiger partial charge in [-0.05, 0) is 64.2 Å². The number of nitrogens with zero attached hydrogens (tertiary/aromatic N) is 3. The Hall–Kier alpha value is -4.98. The summed E-state index contributed by atoms with van der Waals surface area (Å²) in [6, 6.07) is 27.3. The summed E-state index contributed by atoms with van der Waals surface area (Å²) in [5.74, 6) is 4.47. The van der Waals surface area contributed by atoms with Crippen LogP contribution in [0.25, 0.3) is 10.8 Å². The first kappa shape index (κ1) is 24.7. The van der Waals surface area contributed by atoms with E-state index in [0.29, 0.717) is 5.56 Å². The minimum Gasteiger partial charge on any atom is -0.366 e. The molecule has 0 aliphatic carbocycles. The summed E-state index contributed by atoms with van der Waals surface area (Å²) < 4.78 is 0. The SMILES string of the molecule is CC1(c2ccccc2)C(=O)N(Cc2ccc3ccc(C=NN)cc3c2)C(=O)N1Cc1ccc(C(N)=O)cc1. The third kappa shape index (κ3) is 4.37. The Morgan fingerprint density at radius 2 is 1.55 bits per heavy atom. The van der Waals surface area contributed by atoms with E-state index in [2.05, 4.69) is 5.10 Å². The van der Waals surface area contributed by atoms with Crippen LogP contribution in [-0.2, 0) is 23.4 Å². The van der Waals surface area contributed by atoms with Crippen molar-refractivity contribution in [3.8, 4) is 0 Å². The van der Waals surface area contributed by atoms with Crippen LogP contribution >= 0.6 is 0 Å². The van der Waals surface area contributed by atoms with E-state index >= 15 is 0 Å². The van der Waals surface area contributed by atoms with E-state index in [-0.39, 0.29) is 25.0 Å². The smallest absolute Gasteiger partial charge is 0.328 e. The first-order valence-corrected chi connectivity index (χ1v) is 12.1. The summed E-state index contributed by atoms with van der Waals surface area (Å²) in [4.78, 5) is 42.1. The molecular weight excluding hydrogens is 478 g/mol. The lowest BCUT2D eigenvalue weighted by atomic mass is 9.90. The number of hydrogen-bond donors (Lipinski definition) is 2. The number of carbonyl (C=O) groups excluding carboxylic acids is 3. The van der Waals surface area contributed by atoms with Gasteiger partial charge in [0.15, 0.2) is 0 Å². The Morgan fingerprint density at radius 3 is 2.24 bits per heavy atom. The number of fused-ring (bicyclic) bond motifs is 1. The van der Waals surface area contributed by atoms with Crippen molar-refractivity contribution in [1.29, 1.82) is 0 Å². The first-order chi connectivity index (χ1) is 18.3. The highest BCUT2D eigenvalue weighted by Gasteiger charge is 2.55. The lowest BCUT2D eigenvalue weighted by Crippen LogP contribution is -2.43. The molecule has 38 heavy (non-hydrogen) atoms. The van der Waals surface area contributed by atoms with Gasteiger partial charge >= 0.3 is 6.03 Å². The molecule has 0 aromatic heterocycles. The fourth-order valence-electron chi connectivity index (χ4n) is 4.93. The van der Waals surface area contributed by atoms with Crippen LogP contribution in [0.15, 0.2) is 96.1 Å². The van der Waals surface area contributed by atoms with Gasteiger partial charge in [0.2, 0.25) is 5.91 Å². The van der Waals surface area contributed by atoms with Crippen molar-refractivity contribution in [1.82, 2.24) is 9.80 Å². The van der Waals surface area contributed by atoms with Crippen molar-refractivity contribution in [2.24, 2.45) is 16.7 Å². The lowest BCUT2D eigenvalue weighted by Gasteiger charge is -2.32. The zero-order chi connectivity index (χ0) is 26.9. The van der Waals surface area contributed by atoms with Crippen molar-refractivity contribution in [3.63, 3.8) is 0 Å². The van der Waals surface area contributed by atoms with Gasteiger partial charge in [-0.15, -0.1) is 0 Å². The molecule has 0 spiro atoms. The molecule has 0 radical (unpaired) electrons. The van der Waals surface area contributed by atoms with Crippen molar-refractivity contribution >= 4 is 34.8 Å². The van der Waals surface area contributed by atoms with Gasteiger partial charge in [-0.1, -0.05) is 66.7 Å². The van der Waals surface area contributed by atoms with Gasteiger partial charge in [-0.2, -0.15) is 5.10 Å². The minimum atomic E-state index is -1.21. The second-order valence-corrected chi connectivity index (χ2v) is 9.48. The summed E-state index contributed by atoms with van der Waals surface area (Å²) in [7, 11) is 0. The predicted molar refractivity (Wildman–Crippen MR) is 146 cm³/mol. The predicted octanol–water partition coefficient (Wildman–Crippen LogP) is 4.11. The molecule has 0 bridgehead atoms. The zero-order valence-corrected chi connectivity index (χ0v) is 20.9. The summed E-state index contributed by atoms with van der Waals surface area (Å²) in [5.41, 5.74) is 7.72. The third-order valence-electron chi connectivity index (χ3n) is 7.07. The molecule has 1 unspecified atom stereocenters. The quantitative estimate of drug-likeness (QED) is 0.170. The Kier molecular flexibility index (Phi) is 6.38. The molecule has 8 heteroatoms. The molecule has 4 N–H and O–H groups in total. The maximum absolute atomic E-state index is 14.0. The number of primary amides is 1. The fraction of sp³-hybridized carbons (Fsp3) is 0.133. The van der Waals surface area contributed by atoms with Crippen LogP contribution in [0, 0.1) is 0 Å². The summed E-state index contributed by atoms with van der Waals surface area (Å²) in [6.07, 6.45) is 1.57. The number of imide groups is 1. The van der Waals surface area contributed by atoms with E-state index < -0.39 is 11.4 Å². The molecule has 4 aromatic rings. The number of carbonyl (C=O) groups is 3. The number of hydrazone groups is 1. The van der Waals surface area contributed by atoms with Gasteiger partial charge in [0, 0.05) is 12.1 Å². The number of hydrogen-bond acceptors (Lipinski definition) is 5. The fourth-order valence-corrected chi connectivity index (χ4v) is 4.93. The molecule has 5 rings (SSSR count). The Bertz CT molecular complexity index is 1570. The maximum atomic E-state index is 14.0. The average Bonchev–Trinajstić information content (AvgIpc) is 3.10. The van der Waals surface area contributed by atoms with E-state index in [9.17, 15) is 14.4 Å². The molecule has 1 atom stereocenters. The molecule has 1 heterocycles. The molecule has 1 aliphatic rings. The maximum Gasteiger partial charge on any atom is 0.328 e. The monoisotopic (exact) mass is 505 g/mol. The van der Waals surface area contributed by atoms with Crippen LogP contribution in [0.1, 0.15) is 39.5 Å². The van der Waals surface area contributed by atoms with Gasteiger partial charge in [0.1, 0.15) is 5.54 Å². The van der Waals surface area contributed by atoms with Crippen molar-refractivity contribution in [2.45, 2.75) is 25.6 Å². The van der Waals surface area contributed by atoms with E-state index in [0.717, 1.165) is 33.0 Å². The lowest BCUT2D eigenvalue weighted by molar-refractivity contribution is -0.133. The van der Waals surface area contributed by atoms with Crippen LogP contribution < -0.4 is 11.6 Å². The normalized spacial score (nSPS) is 17.6. The van der Waals surface area contributed by atoms with Crippen LogP contribution in [0.5, 0.6) is 0 Å². The minimum absolute atomic E-state index is 0.127. The number of rotatable bonds is 7. The molecule has 8 nitrogen and oxygen atoms in total. The van der Waals surface area contributed by atoms with Gasteiger partial charge in [-0.3, -0.25) is 14.5 Å². The topological polar surface area (TPSA) is 122 Å². The molecule has 4 amide bonds. The molecule has 190 valence electrons. The van der Waals surface area contributed by atoms with Gasteiger partial charge in [-0.25, -0.2) is 4.79 Å². The first-order valence-electron chi connectivity index (χ1n) is 12.1. The number of urea groups is 1. The number of nitrogens with two attached hydrogens (primary N) is 2. The van der Waals surface area contributed by atoms with Crippen molar-refractivity contribution in [3.05, 3.63) is 119 Å².